The van der Waals surface area contributed by atoms with E-state index < -0.39 is 5.91 Å². The van der Waals surface area contributed by atoms with Crippen LogP contribution in [0.25, 0.3) is 5.76 Å². The summed E-state index contributed by atoms with van der Waals surface area (Å²) in [6.07, 6.45) is -0.148. The Balaban J connectivity index is 2.08. The highest BCUT2D eigenvalue weighted by Crippen LogP contribution is 2.34. The number of amides is 2. The van der Waals surface area contributed by atoms with Crippen LogP contribution in [0.3, 0.4) is 0 Å². The van der Waals surface area contributed by atoms with E-state index in [1.807, 2.05) is 32.0 Å². The van der Waals surface area contributed by atoms with E-state index in [1.165, 1.54) is 7.05 Å². The molecule has 2 N–H and O–H groups in total. The van der Waals surface area contributed by atoms with E-state index in [1.54, 1.807) is 23.1 Å². The maximum absolute atomic E-state index is 12.9. The monoisotopic (exact) mass is 350 g/mol. The molecule has 134 valence electrons. The molecule has 5 nitrogen and oxygen atoms in total. The number of aliphatic hydroxyl groups is 1. The van der Waals surface area contributed by atoms with E-state index in [9.17, 15) is 14.7 Å². The normalized spacial score (nSPS) is 14.1. The minimum Gasteiger partial charge on any atom is -0.507 e. The number of hydrogen-bond acceptors (Lipinski definition) is 3. The van der Waals surface area contributed by atoms with Crippen molar-refractivity contribution in [2.24, 2.45) is 0 Å². The summed E-state index contributed by atoms with van der Waals surface area (Å²) < 4.78 is 0. The molecule has 0 unspecified atom stereocenters. The number of rotatable bonds is 3. The van der Waals surface area contributed by atoms with Crippen LogP contribution in [0, 0.1) is 13.8 Å². The van der Waals surface area contributed by atoms with E-state index in [2.05, 4.69) is 11.4 Å². The molecule has 0 fully saturated rings. The highest BCUT2D eigenvalue weighted by molar-refractivity contribution is 6.10. The van der Waals surface area contributed by atoms with Crippen molar-refractivity contribution in [2.45, 2.75) is 26.8 Å². The Morgan fingerprint density at radius 3 is 2.46 bits per heavy atom. The first-order chi connectivity index (χ1) is 12.4. The third-order valence-electron chi connectivity index (χ3n) is 4.49. The quantitative estimate of drug-likeness (QED) is 0.893. The van der Waals surface area contributed by atoms with Gasteiger partial charge in [-0.05, 0) is 31.5 Å². The Labute approximate surface area is 153 Å². The lowest BCUT2D eigenvalue weighted by Gasteiger charge is -2.23. The Hall–Kier alpha value is -3.08. The number of likely N-dealkylation sites (N-methyl/N-ethyl adjacent to an activating group) is 1. The molecule has 0 aliphatic carbocycles. The smallest absolute Gasteiger partial charge is 0.251 e. The molecule has 2 aromatic carbocycles. The van der Waals surface area contributed by atoms with Crippen molar-refractivity contribution in [3.63, 3.8) is 0 Å². The van der Waals surface area contributed by atoms with Gasteiger partial charge < -0.3 is 15.3 Å². The Morgan fingerprint density at radius 1 is 1.15 bits per heavy atom. The molecule has 3 rings (SSSR count). The maximum Gasteiger partial charge on any atom is 0.251 e. The van der Waals surface area contributed by atoms with Gasteiger partial charge in [-0.25, -0.2) is 0 Å². The van der Waals surface area contributed by atoms with Gasteiger partial charge in [0.1, 0.15) is 5.76 Å². The van der Waals surface area contributed by atoms with E-state index in [-0.39, 0.29) is 23.7 Å². The van der Waals surface area contributed by atoms with Crippen molar-refractivity contribution in [1.82, 2.24) is 5.32 Å². The predicted octanol–water partition coefficient (Wildman–Crippen LogP) is 3.26. The molecule has 0 bridgehead atoms. The zero-order valence-electron chi connectivity index (χ0n) is 15.2. The molecule has 5 heteroatoms. The van der Waals surface area contributed by atoms with Crippen molar-refractivity contribution in [1.29, 1.82) is 0 Å². The highest BCUT2D eigenvalue weighted by atomic mass is 16.3. The second kappa shape index (κ2) is 7.04. The highest BCUT2D eigenvalue weighted by Gasteiger charge is 2.30. The minimum atomic E-state index is -0.445. The summed E-state index contributed by atoms with van der Waals surface area (Å²) in [5.41, 5.74) is 4.45. The second-order valence-electron chi connectivity index (χ2n) is 6.58. The van der Waals surface area contributed by atoms with Crippen LogP contribution in [0.5, 0.6) is 0 Å². The third-order valence-corrected chi connectivity index (χ3v) is 4.49. The fourth-order valence-corrected chi connectivity index (χ4v) is 3.39. The molecule has 0 atom stereocenters. The molecular formula is C21H22N2O3. The van der Waals surface area contributed by atoms with E-state index in [0.717, 1.165) is 16.7 Å². The van der Waals surface area contributed by atoms with Crippen molar-refractivity contribution in [2.75, 3.05) is 11.9 Å². The maximum atomic E-state index is 12.9. The molecular weight excluding hydrogens is 328 g/mol. The van der Waals surface area contributed by atoms with Gasteiger partial charge in [0.2, 0.25) is 5.91 Å². The van der Waals surface area contributed by atoms with E-state index >= 15 is 0 Å². The number of fused-ring (bicyclic) bond motifs is 1. The molecule has 1 aliphatic rings. The fourth-order valence-electron chi connectivity index (χ4n) is 3.39. The van der Waals surface area contributed by atoms with Gasteiger partial charge in [-0.3, -0.25) is 9.59 Å². The van der Waals surface area contributed by atoms with Crippen LogP contribution in [-0.2, 0) is 16.1 Å². The van der Waals surface area contributed by atoms with Crippen molar-refractivity contribution in [3.8, 4) is 0 Å². The molecule has 0 aromatic heterocycles. The molecule has 2 amide bonds. The molecule has 0 radical (unpaired) electrons. The van der Waals surface area contributed by atoms with Crippen LogP contribution in [-0.4, -0.2) is 24.0 Å². The molecule has 1 aliphatic heterocycles. The summed E-state index contributed by atoms with van der Waals surface area (Å²) in [6, 6.07) is 13.3. The Morgan fingerprint density at radius 2 is 1.81 bits per heavy atom. The lowest BCUT2D eigenvalue weighted by Crippen LogP contribution is -2.31. The lowest BCUT2D eigenvalue weighted by atomic mass is 10.1. The number of carbonyl (C=O) groups is 2. The van der Waals surface area contributed by atoms with Crippen LogP contribution in [0.2, 0.25) is 0 Å². The van der Waals surface area contributed by atoms with Crippen molar-refractivity contribution in [3.05, 3.63) is 70.3 Å². The van der Waals surface area contributed by atoms with Crippen LogP contribution in [0.4, 0.5) is 5.69 Å². The summed E-state index contributed by atoms with van der Waals surface area (Å²) in [7, 11) is 1.48. The first kappa shape index (κ1) is 17.7. The van der Waals surface area contributed by atoms with Crippen molar-refractivity contribution < 1.29 is 14.7 Å². The average molecular weight is 350 g/mol. The number of nitrogens with zero attached hydrogens (tertiary/aromatic N) is 1. The zero-order chi connectivity index (χ0) is 18.8. The summed E-state index contributed by atoms with van der Waals surface area (Å²) in [5, 5.41) is 13.1. The average Bonchev–Trinajstić information content (AvgIpc) is 2.71. The van der Waals surface area contributed by atoms with Crippen LogP contribution in [0.15, 0.2) is 48.0 Å². The predicted molar refractivity (Wildman–Crippen MR) is 102 cm³/mol. The largest absolute Gasteiger partial charge is 0.507 e. The molecule has 0 spiro atoms. The van der Waals surface area contributed by atoms with Gasteiger partial charge in [0, 0.05) is 12.6 Å². The topological polar surface area (TPSA) is 69.6 Å². The van der Waals surface area contributed by atoms with Gasteiger partial charge in [0.05, 0.1) is 24.2 Å². The number of para-hydroxylation sites is 1. The standard InChI is InChI=1S/C21H22N2O3/c1-13-8-14(2)10-15(9-13)12-23-18-7-5-4-6-16(18)20(25)17(11-19(23)24)21(26)22-3/h4-10,25H,11-12H2,1-3H3,(H,22,26). The number of carbonyl (C=O) groups excluding carboxylic acids is 2. The number of anilines is 1. The van der Waals surface area contributed by atoms with E-state index in [0.29, 0.717) is 17.8 Å². The van der Waals surface area contributed by atoms with Crippen molar-refractivity contribution >= 4 is 23.3 Å². The van der Waals surface area contributed by atoms with Gasteiger partial charge in [0.25, 0.3) is 5.91 Å². The molecule has 1 heterocycles. The Kier molecular flexibility index (Phi) is 4.80. The van der Waals surface area contributed by atoms with Gasteiger partial charge in [-0.1, -0.05) is 41.5 Å². The number of nitrogens with one attached hydrogen (secondary N) is 1. The molecule has 26 heavy (non-hydrogen) atoms. The first-order valence-corrected chi connectivity index (χ1v) is 8.52. The van der Waals surface area contributed by atoms with Gasteiger partial charge in [-0.15, -0.1) is 0 Å². The van der Waals surface area contributed by atoms with Crippen LogP contribution < -0.4 is 10.2 Å². The summed E-state index contributed by atoms with van der Waals surface area (Å²) >= 11 is 0. The van der Waals surface area contributed by atoms with Gasteiger partial charge >= 0.3 is 0 Å². The number of aryl methyl sites for hydroxylation is 2. The molecule has 0 saturated heterocycles. The summed E-state index contributed by atoms with van der Waals surface area (Å²) in [4.78, 5) is 26.7. The van der Waals surface area contributed by atoms with Crippen LogP contribution in [0.1, 0.15) is 28.7 Å². The van der Waals surface area contributed by atoms with Gasteiger partial charge in [0.15, 0.2) is 0 Å². The molecule has 2 aromatic rings. The number of benzene rings is 2. The SMILES string of the molecule is CNC(=O)C1=C(O)c2ccccc2N(Cc2cc(C)cc(C)c2)C(=O)C1. The summed E-state index contributed by atoms with van der Waals surface area (Å²) in [6.45, 7) is 4.42. The lowest BCUT2D eigenvalue weighted by molar-refractivity contribution is -0.121. The van der Waals surface area contributed by atoms with E-state index in [4.69, 9.17) is 0 Å². The van der Waals surface area contributed by atoms with Crippen LogP contribution >= 0.6 is 0 Å². The molecule has 0 saturated carbocycles. The zero-order valence-corrected chi connectivity index (χ0v) is 15.2. The second-order valence-corrected chi connectivity index (χ2v) is 6.58. The summed E-state index contributed by atoms with van der Waals surface area (Å²) in [5.74, 6) is -0.811. The minimum absolute atomic E-state index is 0.0906. The third kappa shape index (κ3) is 3.33. The number of hydrogen-bond donors (Lipinski definition) is 2. The Bertz CT molecular complexity index is 895. The van der Waals surface area contributed by atoms with Gasteiger partial charge in [-0.2, -0.15) is 0 Å². The first-order valence-electron chi connectivity index (χ1n) is 8.52. The number of aliphatic hydroxyl groups excluding tert-OH is 1. The fraction of sp³-hybridized carbons (Fsp3) is 0.238.